The van der Waals surface area contributed by atoms with Gasteiger partial charge in [0.2, 0.25) is 11.8 Å². The van der Waals surface area contributed by atoms with Crippen molar-refractivity contribution >= 4 is 23.4 Å². The van der Waals surface area contributed by atoms with Gasteiger partial charge in [-0.2, -0.15) is 0 Å². The van der Waals surface area contributed by atoms with Crippen molar-refractivity contribution in [2.75, 3.05) is 32.7 Å². The Morgan fingerprint density at radius 3 is 2.71 bits per heavy atom. The summed E-state index contributed by atoms with van der Waals surface area (Å²) in [4.78, 5) is 28.4. The van der Waals surface area contributed by atoms with E-state index in [1.807, 2.05) is 43.0 Å². The van der Waals surface area contributed by atoms with Crippen molar-refractivity contribution in [3.8, 4) is 0 Å². The van der Waals surface area contributed by atoms with Gasteiger partial charge in [-0.3, -0.25) is 9.59 Å². The molecule has 1 aliphatic heterocycles. The van der Waals surface area contributed by atoms with Gasteiger partial charge in [0.05, 0.1) is 6.04 Å². The predicted molar refractivity (Wildman–Crippen MR) is 95.9 cm³/mol. The number of halogens is 1. The zero-order valence-electron chi connectivity index (χ0n) is 14.4. The summed E-state index contributed by atoms with van der Waals surface area (Å²) in [5, 5.41) is 4.00. The van der Waals surface area contributed by atoms with Crippen LogP contribution in [0.4, 0.5) is 0 Å². The summed E-state index contributed by atoms with van der Waals surface area (Å²) in [5.41, 5.74) is 1.03. The Bertz CT molecular complexity index is 575. The maximum absolute atomic E-state index is 12.7. The minimum absolute atomic E-state index is 0.0296. The molecule has 1 atom stereocenters. The first-order chi connectivity index (χ1) is 11.6. The molecule has 1 fully saturated rings. The molecular formula is C18H26ClN3O2. The third-order valence-electron chi connectivity index (χ3n) is 4.47. The second-order valence-electron chi connectivity index (χ2n) is 5.93. The smallest absolute Gasteiger partial charge is 0.223 e. The second-order valence-corrected chi connectivity index (χ2v) is 6.36. The summed E-state index contributed by atoms with van der Waals surface area (Å²) in [6, 6.07) is 7.59. The average Bonchev–Trinajstić information content (AvgIpc) is 2.60. The Balaban J connectivity index is 2.02. The molecule has 0 spiro atoms. The molecule has 1 heterocycles. The largest absolute Gasteiger partial charge is 0.343 e. The zero-order chi connectivity index (χ0) is 17.5. The Morgan fingerprint density at radius 1 is 1.29 bits per heavy atom. The van der Waals surface area contributed by atoms with Crippen molar-refractivity contribution in [3.63, 3.8) is 0 Å². The van der Waals surface area contributed by atoms with Crippen LogP contribution in [0.25, 0.3) is 0 Å². The number of nitrogens with zero attached hydrogens (tertiary/aromatic N) is 2. The summed E-state index contributed by atoms with van der Waals surface area (Å²) in [5.74, 6) is 0.0739. The monoisotopic (exact) mass is 351 g/mol. The number of amides is 2. The van der Waals surface area contributed by atoms with Gasteiger partial charge < -0.3 is 15.1 Å². The summed E-state index contributed by atoms with van der Waals surface area (Å²) in [6.45, 7) is 7.40. The second kappa shape index (κ2) is 9.04. The van der Waals surface area contributed by atoms with Gasteiger partial charge in [0.15, 0.2) is 0 Å². The molecule has 132 valence electrons. The van der Waals surface area contributed by atoms with Crippen molar-refractivity contribution in [1.29, 1.82) is 0 Å². The van der Waals surface area contributed by atoms with Gasteiger partial charge >= 0.3 is 0 Å². The molecule has 1 aliphatic rings. The number of carbonyl (C=O) groups excluding carboxylic acids is 2. The normalized spacial score (nSPS) is 17.6. The first kappa shape index (κ1) is 18.7. The lowest BCUT2D eigenvalue weighted by atomic mass is 10.0. The molecule has 0 bridgehead atoms. The standard InChI is InChI=1S/C18H26ClN3O2/c1-3-21(4-2)17(23)8-9-18(24)22-11-10-20-13-16(22)14-6-5-7-15(19)12-14/h5-7,12,16,20H,3-4,8-11,13H2,1-2H3. The van der Waals surface area contributed by atoms with E-state index in [1.54, 1.807) is 4.90 Å². The van der Waals surface area contributed by atoms with Gasteiger partial charge in [-0.25, -0.2) is 0 Å². The minimum Gasteiger partial charge on any atom is -0.343 e. The molecule has 1 unspecified atom stereocenters. The third-order valence-corrected chi connectivity index (χ3v) is 4.70. The topological polar surface area (TPSA) is 52.7 Å². The molecule has 5 nitrogen and oxygen atoms in total. The maximum Gasteiger partial charge on any atom is 0.223 e. The average molecular weight is 352 g/mol. The summed E-state index contributed by atoms with van der Waals surface area (Å²) >= 11 is 6.09. The predicted octanol–water partition coefficient (Wildman–Crippen LogP) is 2.46. The Hall–Kier alpha value is -1.59. The van der Waals surface area contributed by atoms with Gasteiger partial charge in [-0.05, 0) is 31.5 Å². The molecule has 0 radical (unpaired) electrons. The van der Waals surface area contributed by atoms with E-state index in [1.165, 1.54) is 0 Å². The quantitative estimate of drug-likeness (QED) is 0.856. The number of carbonyl (C=O) groups is 2. The third kappa shape index (κ3) is 4.71. The molecule has 2 rings (SSSR count). The SMILES string of the molecule is CCN(CC)C(=O)CCC(=O)N1CCNCC1c1cccc(Cl)c1. The number of nitrogens with one attached hydrogen (secondary N) is 1. The maximum atomic E-state index is 12.7. The minimum atomic E-state index is -0.0338. The first-order valence-corrected chi connectivity index (χ1v) is 8.98. The number of hydrogen-bond donors (Lipinski definition) is 1. The number of piperazine rings is 1. The van der Waals surface area contributed by atoms with Crippen LogP contribution in [0.2, 0.25) is 5.02 Å². The summed E-state index contributed by atoms with van der Waals surface area (Å²) < 4.78 is 0. The van der Waals surface area contributed by atoms with Gasteiger partial charge in [0, 0.05) is 50.6 Å². The molecular weight excluding hydrogens is 326 g/mol. The molecule has 1 aromatic rings. The highest BCUT2D eigenvalue weighted by molar-refractivity contribution is 6.30. The highest BCUT2D eigenvalue weighted by atomic mass is 35.5. The number of hydrogen-bond acceptors (Lipinski definition) is 3. The van der Waals surface area contributed by atoms with Crippen molar-refractivity contribution in [1.82, 2.24) is 15.1 Å². The Morgan fingerprint density at radius 2 is 2.04 bits per heavy atom. The summed E-state index contributed by atoms with van der Waals surface area (Å²) in [7, 11) is 0. The number of benzene rings is 1. The Labute approximate surface area is 149 Å². The van der Waals surface area contributed by atoms with Gasteiger partial charge in [0.1, 0.15) is 0 Å². The molecule has 0 saturated carbocycles. The molecule has 0 aromatic heterocycles. The fourth-order valence-corrected chi connectivity index (χ4v) is 3.31. The van der Waals surface area contributed by atoms with Gasteiger partial charge in [0.25, 0.3) is 0 Å². The van der Waals surface area contributed by atoms with E-state index in [0.717, 1.165) is 12.1 Å². The van der Waals surface area contributed by atoms with Crippen LogP contribution < -0.4 is 5.32 Å². The van der Waals surface area contributed by atoms with E-state index >= 15 is 0 Å². The van der Waals surface area contributed by atoms with Crippen LogP contribution in [0.3, 0.4) is 0 Å². The lowest BCUT2D eigenvalue weighted by molar-refractivity contribution is -0.138. The first-order valence-electron chi connectivity index (χ1n) is 8.60. The lowest BCUT2D eigenvalue weighted by Crippen LogP contribution is -2.48. The molecule has 1 saturated heterocycles. The van der Waals surface area contributed by atoms with E-state index in [0.29, 0.717) is 31.2 Å². The van der Waals surface area contributed by atoms with Crippen LogP contribution in [0.5, 0.6) is 0 Å². The van der Waals surface area contributed by atoms with E-state index in [-0.39, 0.29) is 30.7 Å². The van der Waals surface area contributed by atoms with E-state index < -0.39 is 0 Å². The molecule has 24 heavy (non-hydrogen) atoms. The van der Waals surface area contributed by atoms with E-state index in [4.69, 9.17) is 11.6 Å². The van der Waals surface area contributed by atoms with E-state index in [2.05, 4.69) is 5.32 Å². The highest BCUT2D eigenvalue weighted by Crippen LogP contribution is 2.25. The van der Waals surface area contributed by atoms with Crippen LogP contribution in [0, 0.1) is 0 Å². The Kier molecular flexibility index (Phi) is 7.06. The lowest BCUT2D eigenvalue weighted by Gasteiger charge is -2.37. The van der Waals surface area contributed by atoms with Crippen LogP contribution in [-0.4, -0.2) is 54.3 Å². The van der Waals surface area contributed by atoms with Crippen molar-refractivity contribution in [3.05, 3.63) is 34.9 Å². The fourth-order valence-electron chi connectivity index (χ4n) is 3.11. The van der Waals surface area contributed by atoms with Gasteiger partial charge in [-0.1, -0.05) is 23.7 Å². The van der Waals surface area contributed by atoms with Crippen molar-refractivity contribution in [2.24, 2.45) is 0 Å². The number of rotatable bonds is 6. The van der Waals surface area contributed by atoms with E-state index in [9.17, 15) is 9.59 Å². The zero-order valence-corrected chi connectivity index (χ0v) is 15.2. The molecule has 2 amide bonds. The van der Waals surface area contributed by atoms with Crippen LogP contribution in [0.15, 0.2) is 24.3 Å². The molecule has 1 aromatic carbocycles. The molecule has 1 N–H and O–H groups in total. The van der Waals surface area contributed by atoms with Crippen LogP contribution in [0.1, 0.15) is 38.3 Å². The van der Waals surface area contributed by atoms with Crippen molar-refractivity contribution in [2.45, 2.75) is 32.7 Å². The highest BCUT2D eigenvalue weighted by Gasteiger charge is 2.28. The fraction of sp³-hybridized carbons (Fsp3) is 0.556. The van der Waals surface area contributed by atoms with Crippen molar-refractivity contribution < 1.29 is 9.59 Å². The van der Waals surface area contributed by atoms with Gasteiger partial charge in [-0.15, -0.1) is 0 Å². The molecule has 0 aliphatic carbocycles. The van der Waals surface area contributed by atoms with Crippen LogP contribution >= 0.6 is 11.6 Å². The summed E-state index contributed by atoms with van der Waals surface area (Å²) in [6.07, 6.45) is 0.527. The van der Waals surface area contributed by atoms with Crippen LogP contribution in [-0.2, 0) is 9.59 Å². The molecule has 6 heteroatoms.